The maximum Gasteiger partial charge on any atom is 0.306 e. The molecule has 0 saturated heterocycles. The maximum absolute atomic E-state index is 11.8. The summed E-state index contributed by atoms with van der Waals surface area (Å²) in [6.45, 7) is 8.46. The number of rotatable bonds is 9. The van der Waals surface area contributed by atoms with Crippen molar-refractivity contribution in [2.75, 3.05) is 6.61 Å². The van der Waals surface area contributed by atoms with E-state index in [0.717, 1.165) is 28.1 Å². The van der Waals surface area contributed by atoms with Gasteiger partial charge in [0, 0.05) is 17.7 Å². The number of aryl methyl sites for hydroxylation is 1. The van der Waals surface area contributed by atoms with Crippen LogP contribution in [0.15, 0.2) is 66.7 Å². The van der Waals surface area contributed by atoms with Crippen molar-refractivity contribution < 1.29 is 19.0 Å². The number of ether oxygens (including phenoxy) is 3. The van der Waals surface area contributed by atoms with Crippen LogP contribution >= 0.6 is 0 Å². The van der Waals surface area contributed by atoms with Crippen LogP contribution in [0, 0.1) is 6.92 Å². The summed E-state index contributed by atoms with van der Waals surface area (Å²) in [6, 6.07) is 21.9. The van der Waals surface area contributed by atoms with Crippen molar-refractivity contribution >= 4 is 5.97 Å². The van der Waals surface area contributed by atoms with Crippen molar-refractivity contribution in [1.29, 1.82) is 0 Å². The predicted octanol–water partition coefficient (Wildman–Crippen LogP) is 6.14. The van der Waals surface area contributed by atoms with Gasteiger partial charge < -0.3 is 14.2 Å². The van der Waals surface area contributed by atoms with Gasteiger partial charge in [-0.1, -0.05) is 42.5 Å². The standard InChI is InChI=1S/C27H31NO4/c1-20-12-17-24(26(28-20)31-19-21-9-6-5-7-10-21)22-13-15-23(16-14-22)30-18-8-11-25(29)32-27(2,3)4/h5-7,9-10,12-17H,8,11,18-19H2,1-4H3. The van der Waals surface area contributed by atoms with E-state index in [9.17, 15) is 4.79 Å². The van der Waals surface area contributed by atoms with E-state index < -0.39 is 5.60 Å². The molecule has 32 heavy (non-hydrogen) atoms. The van der Waals surface area contributed by atoms with Crippen LogP contribution in [0.1, 0.15) is 44.9 Å². The lowest BCUT2D eigenvalue weighted by Crippen LogP contribution is -2.23. The second-order valence-electron chi connectivity index (χ2n) is 8.64. The van der Waals surface area contributed by atoms with Crippen molar-refractivity contribution in [3.05, 3.63) is 78.0 Å². The smallest absolute Gasteiger partial charge is 0.306 e. The molecule has 0 aliphatic heterocycles. The second-order valence-corrected chi connectivity index (χ2v) is 8.64. The lowest BCUT2D eigenvalue weighted by Gasteiger charge is -2.19. The molecular weight excluding hydrogens is 402 g/mol. The first-order chi connectivity index (χ1) is 15.3. The number of benzene rings is 2. The predicted molar refractivity (Wildman–Crippen MR) is 126 cm³/mol. The average Bonchev–Trinajstić information content (AvgIpc) is 2.75. The average molecular weight is 434 g/mol. The molecule has 0 saturated carbocycles. The molecular formula is C27H31NO4. The van der Waals surface area contributed by atoms with Gasteiger partial charge in [-0.3, -0.25) is 4.79 Å². The SMILES string of the molecule is Cc1ccc(-c2ccc(OCCCC(=O)OC(C)(C)C)cc2)c(OCc2ccccc2)n1. The van der Waals surface area contributed by atoms with Crippen LogP contribution < -0.4 is 9.47 Å². The van der Waals surface area contributed by atoms with Crippen molar-refractivity contribution in [1.82, 2.24) is 4.98 Å². The first-order valence-electron chi connectivity index (χ1n) is 10.9. The van der Waals surface area contributed by atoms with E-state index in [1.165, 1.54) is 0 Å². The van der Waals surface area contributed by atoms with Crippen molar-refractivity contribution in [3.63, 3.8) is 0 Å². The second kappa shape index (κ2) is 10.8. The summed E-state index contributed by atoms with van der Waals surface area (Å²) in [5.41, 5.74) is 3.48. The van der Waals surface area contributed by atoms with Crippen molar-refractivity contribution in [3.8, 4) is 22.8 Å². The van der Waals surface area contributed by atoms with Crippen molar-refractivity contribution in [2.45, 2.75) is 52.7 Å². The van der Waals surface area contributed by atoms with Gasteiger partial charge in [-0.25, -0.2) is 4.98 Å². The van der Waals surface area contributed by atoms with Gasteiger partial charge in [0.15, 0.2) is 0 Å². The monoisotopic (exact) mass is 433 g/mol. The van der Waals surface area contributed by atoms with Gasteiger partial charge in [0.1, 0.15) is 18.0 Å². The third kappa shape index (κ3) is 7.41. The fourth-order valence-corrected chi connectivity index (χ4v) is 3.12. The molecule has 0 fully saturated rings. The molecule has 2 aromatic carbocycles. The topological polar surface area (TPSA) is 57.7 Å². The quantitative estimate of drug-likeness (QED) is 0.300. The maximum atomic E-state index is 11.8. The van der Waals surface area contributed by atoms with E-state index in [-0.39, 0.29) is 5.97 Å². The number of pyridine rings is 1. The molecule has 0 unspecified atom stereocenters. The van der Waals surface area contributed by atoms with Crippen LogP contribution in [0.2, 0.25) is 0 Å². The number of hydrogen-bond donors (Lipinski definition) is 0. The van der Waals surface area contributed by atoms with E-state index >= 15 is 0 Å². The van der Waals surface area contributed by atoms with Gasteiger partial charge in [0.05, 0.1) is 6.61 Å². The summed E-state index contributed by atoms with van der Waals surface area (Å²) < 4.78 is 17.1. The van der Waals surface area contributed by atoms with E-state index in [2.05, 4.69) is 4.98 Å². The Hall–Kier alpha value is -3.34. The molecule has 0 atom stereocenters. The lowest BCUT2D eigenvalue weighted by molar-refractivity contribution is -0.155. The summed E-state index contributed by atoms with van der Waals surface area (Å²) in [5, 5.41) is 0. The van der Waals surface area contributed by atoms with Gasteiger partial charge >= 0.3 is 5.97 Å². The van der Waals surface area contributed by atoms with Gasteiger partial charge in [-0.2, -0.15) is 0 Å². The van der Waals surface area contributed by atoms with Gasteiger partial charge in [0.25, 0.3) is 0 Å². The van der Waals surface area contributed by atoms with Crippen LogP contribution in [0.25, 0.3) is 11.1 Å². The Morgan fingerprint density at radius 1 is 0.906 bits per heavy atom. The zero-order valence-electron chi connectivity index (χ0n) is 19.3. The molecule has 0 aliphatic carbocycles. The molecule has 1 heterocycles. The summed E-state index contributed by atoms with van der Waals surface area (Å²) in [6.07, 6.45) is 0.947. The number of aromatic nitrogens is 1. The minimum absolute atomic E-state index is 0.202. The molecule has 1 aromatic heterocycles. The van der Waals surface area contributed by atoms with E-state index in [1.54, 1.807) is 0 Å². The highest BCUT2D eigenvalue weighted by atomic mass is 16.6. The summed E-state index contributed by atoms with van der Waals surface area (Å²) in [7, 11) is 0. The Morgan fingerprint density at radius 3 is 2.31 bits per heavy atom. The van der Waals surface area contributed by atoms with E-state index in [1.807, 2.05) is 94.4 Å². The normalized spacial score (nSPS) is 11.1. The van der Waals surface area contributed by atoms with Gasteiger partial charge in [0.2, 0.25) is 5.88 Å². The van der Waals surface area contributed by atoms with Gasteiger partial charge in [-0.15, -0.1) is 0 Å². The molecule has 0 spiro atoms. The molecule has 0 radical (unpaired) electrons. The number of carbonyl (C=O) groups excluding carboxylic acids is 1. The number of carbonyl (C=O) groups is 1. The fourth-order valence-electron chi connectivity index (χ4n) is 3.12. The highest BCUT2D eigenvalue weighted by molar-refractivity contribution is 5.70. The Kier molecular flexibility index (Phi) is 7.87. The Morgan fingerprint density at radius 2 is 1.62 bits per heavy atom. The number of hydrogen-bond acceptors (Lipinski definition) is 5. The molecule has 0 N–H and O–H groups in total. The van der Waals surface area contributed by atoms with Crippen LogP contribution in [-0.2, 0) is 16.1 Å². The van der Waals surface area contributed by atoms with Gasteiger partial charge in [-0.05, 0) is 69.5 Å². The summed E-state index contributed by atoms with van der Waals surface area (Å²) in [4.78, 5) is 16.4. The van der Waals surface area contributed by atoms with E-state index in [0.29, 0.717) is 31.9 Å². The molecule has 0 aliphatic rings. The molecule has 3 aromatic rings. The fraction of sp³-hybridized carbons (Fsp3) is 0.333. The van der Waals surface area contributed by atoms with E-state index in [4.69, 9.17) is 14.2 Å². The largest absolute Gasteiger partial charge is 0.494 e. The third-order valence-electron chi connectivity index (χ3n) is 4.60. The van der Waals surface area contributed by atoms with Crippen LogP contribution in [0.5, 0.6) is 11.6 Å². The van der Waals surface area contributed by atoms with Crippen molar-refractivity contribution in [2.24, 2.45) is 0 Å². The minimum Gasteiger partial charge on any atom is -0.494 e. The highest BCUT2D eigenvalue weighted by Gasteiger charge is 2.15. The summed E-state index contributed by atoms with van der Waals surface area (Å²) in [5.74, 6) is 1.16. The molecule has 168 valence electrons. The number of esters is 1. The molecule has 0 bridgehead atoms. The molecule has 5 nitrogen and oxygen atoms in total. The van der Waals surface area contributed by atoms with Crippen LogP contribution in [-0.4, -0.2) is 23.2 Å². The minimum atomic E-state index is -0.456. The summed E-state index contributed by atoms with van der Waals surface area (Å²) >= 11 is 0. The Balaban J connectivity index is 1.58. The molecule has 5 heteroatoms. The molecule has 0 amide bonds. The first kappa shape index (κ1) is 23.3. The third-order valence-corrected chi connectivity index (χ3v) is 4.60. The zero-order valence-corrected chi connectivity index (χ0v) is 19.3. The Labute approximate surface area is 190 Å². The zero-order chi connectivity index (χ0) is 23.0. The van der Waals surface area contributed by atoms with Crippen LogP contribution in [0.4, 0.5) is 0 Å². The lowest BCUT2D eigenvalue weighted by atomic mass is 10.1. The Bertz CT molecular complexity index is 1010. The first-order valence-corrected chi connectivity index (χ1v) is 10.9. The highest BCUT2D eigenvalue weighted by Crippen LogP contribution is 2.30. The molecule has 3 rings (SSSR count). The number of nitrogens with zero attached hydrogens (tertiary/aromatic N) is 1. The van der Waals surface area contributed by atoms with Crippen LogP contribution in [0.3, 0.4) is 0 Å².